The third-order valence-electron chi connectivity index (χ3n) is 4.77. The number of carboxylic acid groups (broad SMARTS) is 1. The van der Waals surface area contributed by atoms with Crippen molar-refractivity contribution in [3.05, 3.63) is 0 Å². The van der Waals surface area contributed by atoms with Crippen molar-refractivity contribution in [3.63, 3.8) is 0 Å². The second-order valence-electron chi connectivity index (χ2n) is 7.43. The maximum atomic E-state index is 11.8. The molecule has 0 aromatic rings. The number of carbonyl (C=O) groups is 4. The van der Waals surface area contributed by atoms with Gasteiger partial charge in [-0.05, 0) is 19.8 Å². The van der Waals surface area contributed by atoms with Crippen LogP contribution in [0.3, 0.4) is 0 Å². The number of carbonyl (C=O) groups excluding carboxylic acids is 3. The second-order valence-corrected chi connectivity index (χ2v) is 7.43. The van der Waals surface area contributed by atoms with E-state index in [4.69, 9.17) is 14.6 Å². The van der Waals surface area contributed by atoms with E-state index in [-0.39, 0.29) is 42.8 Å². The summed E-state index contributed by atoms with van der Waals surface area (Å²) in [6.07, 6.45) is 3.90. The third-order valence-corrected chi connectivity index (χ3v) is 4.77. The van der Waals surface area contributed by atoms with Crippen molar-refractivity contribution < 1.29 is 33.8 Å². The first-order valence-electron chi connectivity index (χ1n) is 10.9. The molecule has 11 nitrogen and oxygen atoms in total. The highest BCUT2D eigenvalue weighted by atomic mass is 16.5. The van der Waals surface area contributed by atoms with E-state index in [1.807, 2.05) is 6.92 Å². The third kappa shape index (κ3) is 14.3. The van der Waals surface area contributed by atoms with E-state index in [0.29, 0.717) is 45.9 Å². The van der Waals surface area contributed by atoms with Crippen LogP contribution in [-0.4, -0.2) is 80.5 Å². The molecule has 0 aromatic carbocycles. The number of amides is 4. The Labute approximate surface area is 183 Å². The largest absolute Gasteiger partial charge is 0.481 e. The molecule has 31 heavy (non-hydrogen) atoms. The van der Waals surface area contributed by atoms with Gasteiger partial charge >= 0.3 is 12.0 Å². The first kappa shape index (κ1) is 26.6. The van der Waals surface area contributed by atoms with Crippen LogP contribution >= 0.6 is 0 Å². The van der Waals surface area contributed by atoms with Crippen molar-refractivity contribution in [2.24, 2.45) is 0 Å². The van der Waals surface area contributed by atoms with Crippen molar-refractivity contribution in [2.45, 2.75) is 64.0 Å². The molecular weight excluding hydrogens is 408 g/mol. The van der Waals surface area contributed by atoms with Gasteiger partial charge in [-0.1, -0.05) is 12.8 Å². The summed E-state index contributed by atoms with van der Waals surface area (Å²) in [4.78, 5) is 44.6. The van der Waals surface area contributed by atoms with Crippen LogP contribution in [0.5, 0.6) is 0 Å². The Bertz CT molecular complexity index is 574. The number of rotatable bonds is 18. The Morgan fingerprint density at radius 3 is 2.03 bits per heavy atom. The Morgan fingerprint density at radius 2 is 1.48 bits per heavy atom. The number of hydrogen-bond acceptors (Lipinski definition) is 6. The van der Waals surface area contributed by atoms with Gasteiger partial charge in [-0.25, -0.2) is 4.79 Å². The number of aliphatic carboxylic acids is 1. The molecule has 0 saturated carbocycles. The Morgan fingerprint density at radius 1 is 0.871 bits per heavy atom. The van der Waals surface area contributed by atoms with Gasteiger partial charge < -0.3 is 35.8 Å². The molecule has 1 aliphatic heterocycles. The summed E-state index contributed by atoms with van der Waals surface area (Å²) in [5, 5.41) is 19.6. The lowest BCUT2D eigenvalue weighted by Gasteiger charge is -2.13. The number of urea groups is 1. The SMILES string of the molecule is C[C@@H]1NC(=O)N[C@@H]1CCCCCC(=O)NCCOCCOCCNC(=O)CCC(=O)O. The highest BCUT2D eigenvalue weighted by Gasteiger charge is 2.26. The van der Waals surface area contributed by atoms with Gasteiger partial charge in [0.2, 0.25) is 11.8 Å². The summed E-state index contributed by atoms with van der Waals surface area (Å²) >= 11 is 0. The molecule has 1 saturated heterocycles. The van der Waals surface area contributed by atoms with E-state index < -0.39 is 5.97 Å². The summed E-state index contributed by atoms with van der Waals surface area (Å²) in [7, 11) is 0. The van der Waals surface area contributed by atoms with E-state index in [1.54, 1.807) is 0 Å². The monoisotopic (exact) mass is 444 g/mol. The van der Waals surface area contributed by atoms with Crippen molar-refractivity contribution in [1.82, 2.24) is 21.3 Å². The normalized spacial score (nSPS) is 17.6. The van der Waals surface area contributed by atoms with E-state index in [9.17, 15) is 19.2 Å². The molecule has 0 aromatic heterocycles. The predicted molar refractivity (Wildman–Crippen MR) is 113 cm³/mol. The molecular formula is C20H36N4O7. The quantitative estimate of drug-likeness (QED) is 0.188. The summed E-state index contributed by atoms with van der Waals surface area (Å²) in [5.74, 6) is -1.31. The van der Waals surface area contributed by atoms with Crippen LogP contribution in [0.25, 0.3) is 0 Å². The molecule has 0 aliphatic carbocycles. The van der Waals surface area contributed by atoms with Crippen LogP contribution in [-0.2, 0) is 23.9 Å². The van der Waals surface area contributed by atoms with Crippen molar-refractivity contribution >= 4 is 23.8 Å². The first-order chi connectivity index (χ1) is 14.9. The van der Waals surface area contributed by atoms with Gasteiger partial charge in [0.05, 0.1) is 38.9 Å². The van der Waals surface area contributed by atoms with E-state index in [2.05, 4.69) is 21.3 Å². The number of nitrogens with one attached hydrogen (secondary N) is 4. The molecule has 2 atom stereocenters. The molecule has 0 radical (unpaired) electrons. The number of carboxylic acids is 1. The standard InChI is InChI=1S/C20H36N4O7/c1-15-16(24-20(29)23-15)5-3-2-4-6-17(25)21-9-11-30-13-14-31-12-10-22-18(26)7-8-19(27)28/h15-16H,2-14H2,1H3,(H,21,25)(H,22,26)(H,27,28)(H2,23,24,29)/t15-,16+/m0/s1. The zero-order valence-corrected chi connectivity index (χ0v) is 18.2. The minimum atomic E-state index is -1.00. The molecule has 1 fully saturated rings. The van der Waals surface area contributed by atoms with Crippen molar-refractivity contribution in [1.29, 1.82) is 0 Å². The maximum absolute atomic E-state index is 11.8. The average molecular weight is 445 g/mol. The number of hydrogen-bond donors (Lipinski definition) is 5. The lowest BCUT2D eigenvalue weighted by Crippen LogP contribution is -2.30. The minimum Gasteiger partial charge on any atom is -0.481 e. The van der Waals surface area contributed by atoms with Crippen molar-refractivity contribution in [3.8, 4) is 0 Å². The zero-order valence-electron chi connectivity index (χ0n) is 18.2. The Balaban J connectivity index is 1.81. The molecule has 0 spiro atoms. The maximum Gasteiger partial charge on any atom is 0.315 e. The van der Waals surface area contributed by atoms with Crippen LogP contribution in [0.2, 0.25) is 0 Å². The van der Waals surface area contributed by atoms with Crippen LogP contribution in [0.1, 0.15) is 51.9 Å². The minimum absolute atomic E-state index is 0.00249. The van der Waals surface area contributed by atoms with Gasteiger partial charge in [0, 0.05) is 32.0 Å². The van der Waals surface area contributed by atoms with Crippen molar-refractivity contribution in [2.75, 3.05) is 39.5 Å². The molecule has 4 amide bonds. The number of unbranched alkanes of at least 4 members (excludes halogenated alkanes) is 2. The zero-order chi connectivity index (χ0) is 22.9. The molecule has 0 bridgehead atoms. The van der Waals surface area contributed by atoms with Gasteiger partial charge in [-0.2, -0.15) is 0 Å². The fourth-order valence-corrected chi connectivity index (χ4v) is 3.04. The van der Waals surface area contributed by atoms with Crippen LogP contribution in [0, 0.1) is 0 Å². The molecule has 0 unspecified atom stereocenters. The number of ether oxygens (including phenoxy) is 2. The van der Waals surface area contributed by atoms with E-state index in [0.717, 1.165) is 25.7 Å². The van der Waals surface area contributed by atoms with Gasteiger partial charge in [-0.15, -0.1) is 0 Å². The molecule has 5 N–H and O–H groups in total. The van der Waals surface area contributed by atoms with Crippen LogP contribution in [0.15, 0.2) is 0 Å². The lowest BCUT2D eigenvalue weighted by atomic mass is 10.0. The fraction of sp³-hybridized carbons (Fsp3) is 0.800. The van der Waals surface area contributed by atoms with Crippen LogP contribution in [0.4, 0.5) is 4.79 Å². The fourth-order valence-electron chi connectivity index (χ4n) is 3.04. The van der Waals surface area contributed by atoms with Gasteiger partial charge in [0.1, 0.15) is 0 Å². The first-order valence-corrected chi connectivity index (χ1v) is 10.9. The molecule has 178 valence electrons. The average Bonchev–Trinajstić information content (AvgIpc) is 3.04. The summed E-state index contributed by atoms with van der Waals surface area (Å²) in [6.45, 7) is 4.21. The summed E-state index contributed by atoms with van der Waals surface area (Å²) in [6, 6.07) is 0.214. The van der Waals surface area contributed by atoms with E-state index >= 15 is 0 Å². The Kier molecular flexibility index (Phi) is 14.0. The topological polar surface area (TPSA) is 155 Å². The van der Waals surface area contributed by atoms with Gasteiger partial charge in [-0.3, -0.25) is 14.4 Å². The van der Waals surface area contributed by atoms with Gasteiger partial charge in [0.25, 0.3) is 0 Å². The molecule has 1 rings (SSSR count). The highest BCUT2D eigenvalue weighted by molar-refractivity contribution is 5.80. The smallest absolute Gasteiger partial charge is 0.315 e. The molecule has 11 heteroatoms. The Hall–Kier alpha value is -2.40. The molecule has 1 heterocycles. The predicted octanol–water partition coefficient (Wildman–Crippen LogP) is 0.137. The lowest BCUT2D eigenvalue weighted by molar-refractivity contribution is -0.138. The van der Waals surface area contributed by atoms with Gasteiger partial charge in [0.15, 0.2) is 0 Å². The van der Waals surface area contributed by atoms with Crippen LogP contribution < -0.4 is 21.3 Å². The second kappa shape index (κ2) is 16.3. The highest BCUT2D eigenvalue weighted by Crippen LogP contribution is 2.11. The molecule has 1 aliphatic rings. The summed E-state index contributed by atoms with van der Waals surface area (Å²) in [5.41, 5.74) is 0. The van der Waals surface area contributed by atoms with E-state index in [1.165, 1.54) is 0 Å². The summed E-state index contributed by atoms with van der Waals surface area (Å²) < 4.78 is 10.7.